The number of hydrogen-bond donors (Lipinski definition) is 8. The smallest absolute Gasteiger partial charge is 0.182 e. The normalized spacial score (nSPS) is 11.3. The lowest BCUT2D eigenvalue weighted by molar-refractivity contribution is 0.507. The summed E-state index contributed by atoms with van der Waals surface area (Å²) in [5.74, 6) is 4.68. The number of aromatic amines is 5. The Kier molecular flexibility index (Phi) is 17.7. The summed E-state index contributed by atoms with van der Waals surface area (Å²) in [6.45, 7) is 10.7. The molecule has 9 N–H and O–H groups in total. The maximum Gasteiger partial charge on any atom is 0.182 e. The molecule has 0 atom stereocenters. The number of nitrogens with zero attached hydrogens (tertiary/aromatic N) is 16. The van der Waals surface area contributed by atoms with E-state index in [0.29, 0.717) is 46.1 Å². The number of rotatable bonds is 14. The van der Waals surface area contributed by atoms with Gasteiger partial charge in [-0.3, -0.25) is 0 Å². The minimum absolute atomic E-state index is 0.433. The van der Waals surface area contributed by atoms with E-state index in [4.69, 9.17) is 14.6 Å². The molecule has 0 aliphatic rings. The van der Waals surface area contributed by atoms with Crippen LogP contribution in [0.2, 0.25) is 0 Å². The summed E-state index contributed by atoms with van der Waals surface area (Å²) < 4.78 is 10.6. The van der Waals surface area contributed by atoms with Gasteiger partial charge in [-0.2, -0.15) is 0 Å². The van der Waals surface area contributed by atoms with Crippen LogP contribution in [-0.2, 0) is 19.4 Å². The van der Waals surface area contributed by atoms with Gasteiger partial charge in [0.25, 0.3) is 0 Å². The molecule has 12 aromatic rings. The molecule has 0 fully saturated rings. The molecule has 26 nitrogen and oxygen atoms in total. The third-order valence-corrected chi connectivity index (χ3v) is 11.3. The summed E-state index contributed by atoms with van der Waals surface area (Å²) in [5, 5.41) is 6.48. The van der Waals surface area contributed by atoms with Crippen molar-refractivity contribution in [3.05, 3.63) is 141 Å². The lowest BCUT2D eigenvalue weighted by Crippen LogP contribution is -2.17. The molecular weight excluding hydrogens is 957 g/mol. The molecule has 0 unspecified atom stereocenters. The lowest BCUT2D eigenvalue weighted by atomic mass is 10.2. The number of fused-ring (bicyclic) bond motifs is 5. The fourth-order valence-electron chi connectivity index (χ4n) is 6.97. The number of nitrogen functional groups attached to an aromatic ring is 1. The number of hydrogen-bond acceptors (Lipinski definition) is 21. The second kappa shape index (κ2) is 25.9. The highest BCUT2D eigenvalue weighted by Crippen LogP contribution is 2.21. The topological polar surface area (TPSA) is 352 Å². The Morgan fingerprint density at radius 2 is 0.960 bits per heavy atom. The lowest BCUT2D eigenvalue weighted by Gasteiger charge is -2.16. The van der Waals surface area contributed by atoms with Crippen LogP contribution in [0.5, 0.6) is 0 Å². The number of aromatic nitrogens is 20. The van der Waals surface area contributed by atoms with E-state index >= 15 is 0 Å². The highest BCUT2D eigenvalue weighted by molar-refractivity contribution is 5.84. The van der Waals surface area contributed by atoms with Crippen LogP contribution in [-0.4, -0.2) is 120 Å². The number of H-pyrrole nitrogens is 5. The van der Waals surface area contributed by atoms with Crippen molar-refractivity contribution in [2.75, 3.05) is 41.4 Å². The number of nitrogens with two attached hydrogens (primary N) is 1. The quantitative estimate of drug-likeness (QED) is 0.0489. The van der Waals surface area contributed by atoms with Gasteiger partial charge >= 0.3 is 0 Å². The number of anilines is 4. The Hall–Kier alpha value is -10.0. The summed E-state index contributed by atoms with van der Waals surface area (Å²) >= 11 is 0. The molecule has 0 aromatic carbocycles. The van der Waals surface area contributed by atoms with Crippen LogP contribution in [0.4, 0.5) is 23.3 Å². The predicted molar refractivity (Wildman–Crippen MR) is 285 cm³/mol. The summed E-state index contributed by atoms with van der Waals surface area (Å²) in [7, 11) is 1.95. The van der Waals surface area contributed by atoms with Crippen molar-refractivity contribution in [3.63, 3.8) is 0 Å². The van der Waals surface area contributed by atoms with E-state index in [9.17, 15) is 0 Å². The van der Waals surface area contributed by atoms with Gasteiger partial charge in [0.05, 0.1) is 56.4 Å². The first-order chi connectivity index (χ1) is 36.8. The molecule has 12 aromatic heterocycles. The second-order valence-electron chi connectivity index (χ2n) is 16.3. The van der Waals surface area contributed by atoms with E-state index in [1.165, 1.54) is 42.8 Å². The van der Waals surface area contributed by atoms with Gasteiger partial charge in [-0.05, 0) is 57.4 Å². The maximum atomic E-state index is 5.48. The molecule has 0 bridgehead atoms. The summed E-state index contributed by atoms with van der Waals surface area (Å²) in [6.07, 6.45) is 27.0. The number of furan rings is 2. The predicted octanol–water partition coefficient (Wildman–Crippen LogP) is 7.49. The van der Waals surface area contributed by atoms with E-state index in [0.717, 1.165) is 95.5 Å². The molecule has 0 aliphatic heterocycles. The third-order valence-electron chi connectivity index (χ3n) is 11.3. The van der Waals surface area contributed by atoms with Crippen molar-refractivity contribution in [3.8, 4) is 0 Å². The fraction of sp³-hybridized carbons (Fsp3) is 0.245. The molecule has 0 aliphatic carbocycles. The van der Waals surface area contributed by atoms with E-state index in [1.54, 1.807) is 44.2 Å². The first kappa shape index (κ1) is 51.3. The molecule has 384 valence electrons. The zero-order chi connectivity index (χ0) is 52.2. The van der Waals surface area contributed by atoms with Crippen LogP contribution in [0.1, 0.15) is 57.8 Å². The van der Waals surface area contributed by atoms with Gasteiger partial charge in [-0.15, -0.1) is 0 Å². The van der Waals surface area contributed by atoms with Gasteiger partial charge in [0.2, 0.25) is 0 Å². The van der Waals surface area contributed by atoms with E-state index in [2.05, 4.69) is 150 Å². The summed E-state index contributed by atoms with van der Waals surface area (Å²) in [5.41, 5.74) is 16.7. The average Bonchev–Trinajstić information content (AvgIpc) is 4.29. The maximum absolute atomic E-state index is 5.48. The number of allylic oxidation sites excluding steroid dienone is 2. The van der Waals surface area contributed by atoms with E-state index < -0.39 is 0 Å². The number of imidazole rings is 5. The van der Waals surface area contributed by atoms with Gasteiger partial charge in [0.15, 0.2) is 51.5 Å². The average molecular weight is 1010 g/mol. The molecule has 0 amide bonds. The van der Waals surface area contributed by atoms with Crippen molar-refractivity contribution in [1.29, 1.82) is 0 Å². The zero-order valence-corrected chi connectivity index (χ0v) is 41.9. The minimum Gasteiger partial charge on any atom is -0.469 e. The van der Waals surface area contributed by atoms with Gasteiger partial charge in [0, 0.05) is 26.6 Å². The van der Waals surface area contributed by atoms with Gasteiger partial charge in [-0.1, -0.05) is 37.1 Å². The van der Waals surface area contributed by atoms with Crippen LogP contribution >= 0.6 is 0 Å². The Bertz CT molecular complexity index is 3570. The minimum atomic E-state index is 0.433. The van der Waals surface area contributed by atoms with Gasteiger partial charge in [0.1, 0.15) is 70.7 Å². The summed E-state index contributed by atoms with van der Waals surface area (Å²) in [4.78, 5) is 78.0. The SMILES string of the molecule is CC/C(C)=C/CNc1ncnc2nc[nH]c12.CC/C(C)=C\CNc1ncnc2nc[nH]c12.CN(Cc1ccco1)c1ncnc2nc[nH]c12.Nc1ncnc2nc[nH]c12.c1coc(CCc2ncnc3nc[nH]c23)c1. The van der Waals surface area contributed by atoms with Crippen LogP contribution in [0.3, 0.4) is 0 Å². The van der Waals surface area contributed by atoms with Crippen LogP contribution in [0, 0.1) is 0 Å². The highest BCUT2D eigenvalue weighted by Gasteiger charge is 2.12. The first-order valence-electron chi connectivity index (χ1n) is 23.8. The third kappa shape index (κ3) is 13.9. The molecule has 12 heterocycles. The first-order valence-corrected chi connectivity index (χ1v) is 23.8. The monoisotopic (exact) mass is 1010 g/mol. The molecule has 0 spiro atoms. The molecular formula is C49H56N24O2. The fourth-order valence-corrected chi connectivity index (χ4v) is 6.97. The zero-order valence-electron chi connectivity index (χ0n) is 41.9. The van der Waals surface area contributed by atoms with Crippen LogP contribution in [0.15, 0.2) is 132 Å². The molecule has 75 heavy (non-hydrogen) atoms. The Morgan fingerprint density at radius 3 is 1.48 bits per heavy atom. The van der Waals surface area contributed by atoms with Gasteiger partial charge in [-0.25, -0.2) is 74.8 Å². The Morgan fingerprint density at radius 1 is 0.520 bits per heavy atom. The highest BCUT2D eigenvalue weighted by atomic mass is 16.3. The molecule has 12 rings (SSSR count). The standard InChI is InChI=1S/C11H11N5O.2C11H15N5.C11H10N4O.C5H5N5/c1-16(5-8-3-2-4-17-8)11-9-10(13-6-12-9)14-7-15-11;2*1-3-8(2)4-5-12-10-9-11(14-6-13-9)16-7-15-10;1-2-8(16-5-1)3-4-9-10-11(14-6-12-9)15-7-13-10;6-4-3-5(9-1-7-3)10-2-8-4/h2-4,6-7H,5H2,1H3,(H,12,13,14,15);2*4,6-7H,3,5H2,1-2H3,(H2,12,13,14,15,16);1-2,5-7H,3-4H2,(H,12,13,14,15);1-2H,(H3,6,7,8,9,10)/b;8-4+;8-4-;;. The van der Waals surface area contributed by atoms with Crippen molar-refractivity contribution in [2.45, 2.75) is 59.9 Å². The van der Waals surface area contributed by atoms with Crippen molar-refractivity contribution < 1.29 is 8.83 Å². The largest absolute Gasteiger partial charge is 0.469 e. The molecule has 0 radical (unpaired) electrons. The van der Waals surface area contributed by atoms with Crippen molar-refractivity contribution in [2.24, 2.45) is 0 Å². The van der Waals surface area contributed by atoms with Crippen LogP contribution in [0.25, 0.3) is 55.8 Å². The van der Waals surface area contributed by atoms with Crippen molar-refractivity contribution >= 4 is 79.1 Å². The molecule has 0 saturated carbocycles. The van der Waals surface area contributed by atoms with Crippen molar-refractivity contribution in [1.82, 2.24) is 99.7 Å². The molecule has 26 heteroatoms. The van der Waals surface area contributed by atoms with Gasteiger partial charge < -0.3 is 55.0 Å². The Labute approximate surface area is 428 Å². The van der Waals surface area contributed by atoms with E-state index in [1.807, 2.05) is 36.2 Å². The summed E-state index contributed by atoms with van der Waals surface area (Å²) in [6, 6.07) is 7.66. The number of nitrogens with one attached hydrogen (secondary N) is 7. The molecule has 0 saturated heterocycles. The van der Waals surface area contributed by atoms with E-state index in [-0.39, 0.29) is 0 Å². The Balaban J connectivity index is 0.000000126. The second-order valence-corrected chi connectivity index (χ2v) is 16.3. The van der Waals surface area contributed by atoms with Crippen LogP contribution < -0.4 is 21.3 Å². The number of aryl methyl sites for hydroxylation is 2.